The van der Waals surface area contributed by atoms with Gasteiger partial charge in [-0.05, 0) is 60.7 Å². The van der Waals surface area contributed by atoms with E-state index in [1.54, 1.807) is 19.3 Å². The summed E-state index contributed by atoms with van der Waals surface area (Å²) in [6.07, 6.45) is 13.4. The fraction of sp³-hybridized carbons (Fsp3) is 0.938. The van der Waals surface area contributed by atoms with E-state index in [-0.39, 0.29) is 0 Å². The van der Waals surface area contributed by atoms with E-state index in [1.165, 1.54) is 38.5 Å². The van der Waals surface area contributed by atoms with E-state index in [0.717, 1.165) is 16.2 Å². The van der Waals surface area contributed by atoms with E-state index in [1.807, 2.05) is 5.92 Å². The highest BCUT2D eigenvalue weighted by molar-refractivity contribution is 5.21. The molecule has 4 bridgehead atoms. The lowest BCUT2D eigenvalue weighted by Crippen LogP contribution is -2.55. The minimum atomic E-state index is 0.732. The predicted octanol–water partition coefficient (Wildman–Crippen LogP) is 5.13. The van der Waals surface area contributed by atoms with Crippen LogP contribution in [0.1, 0.15) is 78.6 Å². The monoisotopic (exact) mass is 219 g/mol. The minimum absolute atomic E-state index is 0.732. The molecule has 4 aliphatic rings. The summed E-state index contributed by atoms with van der Waals surface area (Å²) in [6.45, 7) is 7.33. The molecule has 0 aromatic heterocycles. The van der Waals surface area contributed by atoms with Gasteiger partial charge in [0.05, 0.1) is 0 Å². The summed E-state index contributed by atoms with van der Waals surface area (Å²) in [5.74, 6) is 1.95. The number of hydrogen-bond acceptors (Lipinski definition) is 0. The molecule has 0 aromatic carbocycles. The van der Waals surface area contributed by atoms with Gasteiger partial charge in [0.25, 0.3) is 0 Å². The van der Waals surface area contributed by atoms with Crippen LogP contribution in [0.5, 0.6) is 0 Å². The fourth-order valence-electron chi connectivity index (χ4n) is 5.85. The van der Waals surface area contributed by atoms with E-state index in [0.29, 0.717) is 0 Å². The van der Waals surface area contributed by atoms with Gasteiger partial charge < -0.3 is 0 Å². The van der Waals surface area contributed by atoms with Crippen molar-refractivity contribution in [3.8, 4) is 0 Å². The molecule has 0 aromatic rings. The Balaban J connectivity index is 1.99. The summed E-state index contributed by atoms with van der Waals surface area (Å²) < 4.78 is 0. The molecule has 0 atom stereocenters. The highest BCUT2D eigenvalue weighted by atomic mass is 14.7. The van der Waals surface area contributed by atoms with E-state index >= 15 is 0 Å². The first-order valence-electron chi connectivity index (χ1n) is 7.42. The van der Waals surface area contributed by atoms with Crippen molar-refractivity contribution in [3.05, 3.63) is 5.92 Å². The maximum Gasteiger partial charge on any atom is -0.0224 e. The van der Waals surface area contributed by atoms with Gasteiger partial charge in [-0.25, -0.2) is 0 Å². The third kappa shape index (κ3) is 1.34. The van der Waals surface area contributed by atoms with Crippen LogP contribution in [0, 0.1) is 22.2 Å². The third-order valence-electron chi connectivity index (χ3n) is 6.37. The van der Waals surface area contributed by atoms with Gasteiger partial charge in [0.2, 0.25) is 0 Å². The molecule has 4 rings (SSSR count). The van der Waals surface area contributed by atoms with Crippen molar-refractivity contribution < 1.29 is 0 Å². The Morgan fingerprint density at radius 3 is 1.25 bits per heavy atom. The predicted molar refractivity (Wildman–Crippen MR) is 69.1 cm³/mol. The van der Waals surface area contributed by atoms with Crippen LogP contribution in [0.15, 0.2) is 0 Å². The number of hydrogen-bond donors (Lipinski definition) is 0. The lowest BCUT2D eigenvalue weighted by Gasteiger charge is -2.67. The average Bonchev–Trinajstić information content (AvgIpc) is 2.28. The molecule has 91 valence electrons. The van der Waals surface area contributed by atoms with Gasteiger partial charge in [-0.15, -0.1) is 0 Å². The van der Waals surface area contributed by atoms with E-state index in [4.69, 9.17) is 0 Å². The maximum atomic E-state index is 2.44. The lowest BCUT2D eigenvalue weighted by atomic mass is 9.38. The molecule has 4 aliphatic carbocycles. The molecule has 0 heterocycles. The molecule has 0 saturated heterocycles. The van der Waals surface area contributed by atoms with Gasteiger partial charge >= 0.3 is 0 Å². The highest BCUT2D eigenvalue weighted by Crippen LogP contribution is 2.72. The molecule has 0 N–H and O–H groups in total. The maximum absolute atomic E-state index is 2.44. The van der Waals surface area contributed by atoms with Crippen LogP contribution in [0.4, 0.5) is 0 Å². The standard InChI is InChI=1S/C16H27/c1-4-14-7-13-8-15(5-2,10-14)12-16(6-3,9-13)11-14/h4-12H2,1-3H3. The lowest BCUT2D eigenvalue weighted by molar-refractivity contribution is -0.116. The molecule has 0 unspecified atom stereocenters. The average molecular weight is 219 g/mol. The summed E-state index contributed by atoms with van der Waals surface area (Å²) >= 11 is 0. The second-order valence-electron chi connectivity index (χ2n) is 7.37. The Morgan fingerprint density at radius 1 is 0.688 bits per heavy atom. The summed E-state index contributed by atoms with van der Waals surface area (Å²) in [5.41, 5.74) is 2.20. The first-order valence-corrected chi connectivity index (χ1v) is 7.42. The smallest absolute Gasteiger partial charge is 0.0224 e. The first kappa shape index (κ1) is 11.1. The van der Waals surface area contributed by atoms with Crippen molar-refractivity contribution in [2.75, 3.05) is 0 Å². The Morgan fingerprint density at radius 2 is 1.00 bits per heavy atom. The molecule has 4 fully saturated rings. The van der Waals surface area contributed by atoms with E-state index in [2.05, 4.69) is 20.8 Å². The van der Waals surface area contributed by atoms with Crippen LogP contribution in [-0.2, 0) is 0 Å². The van der Waals surface area contributed by atoms with Crippen LogP contribution in [-0.4, -0.2) is 0 Å². The zero-order chi connectivity index (χ0) is 11.4. The van der Waals surface area contributed by atoms with Gasteiger partial charge in [-0.3, -0.25) is 0 Å². The van der Waals surface area contributed by atoms with Crippen molar-refractivity contribution >= 4 is 0 Å². The summed E-state index contributed by atoms with van der Waals surface area (Å²) in [7, 11) is 0. The van der Waals surface area contributed by atoms with E-state index < -0.39 is 0 Å². The molecular formula is C16H27. The molecule has 4 saturated carbocycles. The Bertz CT molecular complexity index is 235. The molecule has 16 heavy (non-hydrogen) atoms. The topological polar surface area (TPSA) is 0 Å². The second-order valence-corrected chi connectivity index (χ2v) is 7.37. The quantitative estimate of drug-likeness (QED) is 0.617. The molecule has 0 spiro atoms. The zero-order valence-electron chi connectivity index (χ0n) is 11.4. The van der Waals surface area contributed by atoms with E-state index in [9.17, 15) is 0 Å². The van der Waals surface area contributed by atoms with Gasteiger partial charge in [0.15, 0.2) is 0 Å². The normalized spacial score (nSPS) is 51.2. The van der Waals surface area contributed by atoms with Crippen molar-refractivity contribution in [1.29, 1.82) is 0 Å². The first-order chi connectivity index (χ1) is 7.59. The Kier molecular flexibility index (Phi) is 2.27. The number of rotatable bonds is 3. The molecular weight excluding hydrogens is 192 g/mol. The summed E-state index contributed by atoms with van der Waals surface area (Å²) in [5, 5.41) is 0. The van der Waals surface area contributed by atoms with Crippen molar-refractivity contribution in [2.45, 2.75) is 78.6 Å². The Hall–Kier alpha value is 0. The SMILES string of the molecule is CCC12C[C]3CC(CC)(C1)CC(CC)(C3)C2. The van der Waals surface area contributed by atoms with Crippen molar-refractivity contribution in [3.63, 3.8) is 0 Å². The van der Waals surface area contributed by atoms with Gasteiger partial charge in [0.1, 0.15) is 0 Å². The molecule has 0 aliphatic heterocycles. The second kappa shape index (κ2) is 3.27. The van der Waals surface area contributed by atoms with Crippen LogP contribution in [0.3, 0.4) is 0 Å². The van der Waals surface area contributed by atoms with Crippen LogP contribution in [0.25, 0.3) is 0 Å². The van der Waals surface area contributed by atoms with Gasteiger partial charge in [-0.2, -0.15) is 0 Å². The van der Waals surface area contributed by atoms with Crippen LogP contribution >= 0.6 is 0 Å². The zero-order valence-corrected chi connectivity index (χ0v) is 11.4. The molecule has 1 radical (unpaired) electrons. The Labute approximate surface area is 101 Å². The third-order valence-corrected chi connectivity index (χ3v) is 6.37. The van der Waals surface area contributed by atoms with Crippen molar-refractivity contribution in [2.24, 2.45) is 16.2 Å². The molecule has 0 nitrogen and oxygen atoms in total. The fourth-order valence-corrected chi connectivity index (χ4v) is 5.85. The van der Waals surface area contributed by atoms with Crippen LogP contribution in [0.2, 0.25) is 0 Å². The largest absolute Gasteiger partial charge is 0.0649 e. The molecule has 0 amide bonds. The minimum Gasteiger partial charge on any atom is -0.0649 e. The van der Waals surface area contributed by atoms with Gasteiger partial charge in [0, 0.05) is 0 Å². The summed E-state index contributed by atoms with van der Waals surface area (Å²) in [6, 6.07) is 0. The van der Waals surface area contributed by atoms with Crippen molar-refractivity contribution in [1.82, 2.24) is 0 Å². The molecule has 0 heteroatoms. The van der Waals surface area contributed by atoms with Crippen LogP contribution < -0.4 is 0 Å². The summed E-state index contributed by atoms with van der Waals surface area (Å²) in [4.78, 5) is 0. The highest BCUT2D eigenvalue weighted by Gasteiger charge is 2.61. The van der Waals surface area contributed by atoms with Gasteiger partial charge in [-0.1, -0.05) is 40.0 Å².